The zero-order chi connectivity index (χ0) is 15.2. The van der Waals surface area contributed by atoms with Crippen molar-refractivity contribution < 1.29 is 14.2 Å². The van der Waals surface area contributed by atoms with Crippen LogP contribution in [0.15, 0.2) is 40.9 Å². The number of rotatable bonds is 6. The summed E-state index contributed by atoms with van der Waals surface area (Å²) in [5, 5.41) is 0.744. The molecule has 0 aromatic heterocycles. The molecular formula is C16H16Br2O3. The van der Waals surface area contributed by atoms with Crippen LogP contribution in [0, 0.1) is 0 Å². The third-order valence-corrected chi connectivity index (χ3v) is 4.11. The van der Waals surface area contributed by atoms with E-state index >= 15 is 0 Å². The third-order valence-electron chi connectivity index (χ3n) is 3.01. The van der Waals surface area contributed by atoms with E-state index < -0.39 is 0 Å². The molecule has 0 aliphatic carbocycles. The van der Waals surface area contributed by atoms with Crippen molar-refractivity contribution in [2.45, 2.75) is 11.9 Å². The van der Waals surface area contributed by atoms with Crippen molar-refractivity contribution in [1.29, 1.82) is 0 Å². The topological polar surface area (TPSA) is 27.7 Å². The first-order chi connectivity index (χ1) is 10.2. The van der Waals surface area contributed by atoms with Crippen molar-refractivity contribution in [2.75, 3.05) is 14.2 Å². The first kappa shape index (κ1) is 16.2. The highest BCUT2D eigenvalue weighted by atomic mass is 79.9. The molecule has 0 aliphatic rings. The number of methoxy groups -OCH3 is 2. The van der Waals surface area contributed by atoms with Crippen molar-refractivity contribution in [1.82, 2.24) is 0 Å². The Labute approximate surface area is 141 Å². The van der Waals surface area contributed by atoms with Crippen molar-refractivity contribution in [2.24, 2.45) is 0 Å². The second-order valence-corrected chi connectivity index (χ2v) is 5.84. The van der Waals surface area contributed by atoms with Crippen LogP contribution in [0.25, 0.3) is 0 Å². The van der Waals surface area contributed by atoms with Crippen LogP contribution < -0.4 is 14.2 Å². The maximum Gasteiger partial charge on any atom is 0.161 e. The van der Waals surface area contributed by atoms with Crippen LogP contribution in [-0.2, 0) is 11.9 Å². The molecule has 0 amide bonds. The molecular weight excluding hydrogens is 400 g/mol. The number of hydrogen-bond donors (Lipinski definition) is 0. The van der Waals surface area contributed by atoms with Gasteiger partial charge in [-0.15, -0.1) is 0 Å². The monoisotopic (exact) mass is 414 g/mol. The van der Waals surface area contributed by atoms with Gasteiger partial charge in [-0.1, -0.05) is 37.9 Å². The van der Waals surface area contributed by atoms with Crippen LogP contribution in [0.2, 0.25) is 0 Å². The van der Waals surface area contributed by atoms with Crippen molar-refractivity contribution >= 4 is 31.9 Å². The van der Waals surface area contributed by atoms with Gasteiger partial charge in [0.2, 0.25) is 0 Å². The number of benzene rings is 2. The van der Waals surface area contributed by atoms with Gasteiger partial charge in [0.15, 0.2) is 11.5 Å². The first-order valence-electron chi connectivity index (χ1n) is 6.36. The molecule has 0 saturated heterocycles. The van der Waals surface area contributed by atoms with E-state index in [2.05, 4.69) is 31.9 Å². The highest BCUT2D eigenvalue weighted by Crippen LogP contribution is 2.29. The Balaban J connectivity index is 2.13. The fourth-order valence-corrected chi connectivity index (χ4v) is 2.77. The lowest BCUT2D eigenvalue weighted by Crippen LogP contribution is -1.99. The molecule has 0 fully saturated rings. The van der Waals surface area contributed by atoms with Crippen molar-refractivity contribution in [3.8, 4) is 17.2 Å². The Morgan fingerprint density at radius 3 is 2.29 bits per heavy atom. The highest BCUT2D eigenvalue weighted by Gasteiger charge is 2.07. The molecule has 0 aliphatic heterocycles. The van der Waals surface area contributed by atoms with E-state index in [1.807, 2.05) is 36.4 Å². The molecule has 0 unspecified atom stereocenters. The molecule has 2 rings (SSSR count). The summed E-state index contributed by atoms with van der Waals surface area (Å²) in [6.45, 7) is 0.474. The van der Waals surface area contributed by atoms with Gasteiger partial charge < -0.3 is 14.2 Å². The summed E-state index contributed by atoms with van der Waals surface area (Å²) >= 11 is 6.93. The van der Waals surface area contributed by atoms with Crippen molar-refractivity contribution in [3.63, 3.8) is 0 Å². The molecule has 0 bridgehead atoms. The van der Waals surface area contributed by atoms with E-state index in [9.17, 15) is 0 Å². The molecule has 2 aromatic rings. The Morgan fingerprint density at radius 2 is 1.62 bits per heavy atom. The molecule has 3 nitrogen and oxygen atoms in total. The van der Waals surface area contributed by atoms with Crippen LogP contribution in [0.3, 0.4) is 0 Å². The van der Waals surface area contributed by atoms with Gasteiger partial charge in [0.05, 0.1) is 14.2 Å². The van der Waals surface area contributed by atoms with E-state index in [-0.39, 0.29) is 0 Å². The molecule has 2 aromatic carbocycles. The Morgan fingerprint density at radius 1 is 0.905 bits per heavy atom. The fourth-order valence-electron chi connectivity index (χ4n) is 1.92. The van der Waals surface area contributed by atoms with Gasteiger partial charge in [-0.3, -0.25) is 0 Å². The molecule has 0 heterocycles. The number of halogens is 2. The van der Waals surface area contributed by atoms with Crippen LogP contribution >= 0.6 is 31.9 Å². The van der Waals surface area contributed by atoms with Gasteiger partial charge in [0.25, 0.3) is 0 Å². The van der Waals surface area contributed by atoms with Crippen LogP contribution in [0.4, 0.5) is 0 Å². The maximum absolute atomic E-state index is 5.89. The summed E-state index contributed by atoms with van der Waals surface area (Å²) in [5.41, 5.74) is 2.13. The molecule has 0 N–H and O–H groups in total. The molecule has 5 heteroatoms. The smallest absolute Gasteiger partial charge is 0.161 e. The average molecular weight is 416 g/mol. The van der Waals surface area contributed by atoms with Gasteiger partial charge in [0.1, 0.15) is 12.4 Å². The van der Waals surface area contributed by atoms with E-state index in [0.29, 0.717) is 18.1 Å². The van der Waals surface area contributed by atoms with Crippen LogP contribution in [0.1, 0.15) is 11.1 Å². The van der Waals surface area contributed by atoms with Gasteiger partial charge in [-0.2, -0.15) is 0 Å². The summed E-state index contributed by atoms with van der Waals surface area (Å²) in [6, 6.07) is 11.7. The van der Waals surface area contributed by atoms with E-state index in [4.69, 9.17) is 14.2 Å². The van der Waals surface area contributed by atoms with E-state index in [1.54, 1.807) is 14.2 Å². The van der Waals surface area contributed by atoms with Crippen LogP contribution in [-0.4, -0.2) is 14.2 Å². The van der Waals surface area contributed by atoms with Crippen LogP contribution in [0.5, 0.6) is 17.2 Å². The maximum atomic E-state index is 5.89. The molecule has 112 valence electrons. The Bertz CT molecular complexity index is 614. The molecule has 0 atom stereocenters. The fraction of sp³-hybridized carbons (Fsp3) is 0.250. The lowest BCUT2D eigenvalue weighted by molar-refractivity contribution is 0.301. The highest BCUT2D eigenvalue weighted by molar-refractivity contribution is 9.10. The zero-order valence-corrected chi connectivity index (χ0v) is 15.0. The second kappa shape index (κ2) is 7.71. The lowest BCUT2D eigenvalue weighted by Gasteiger charge is -2.12. The van der Waals surface area contributed by atoms with E-state index in [1.165, 1.54) is 0 Å². The summed E-state index contributed by atoms with van der Waals surface area (Å²) in [6.07, 6.45) is 0. The quantitative estimate of drug-likeness (QED) is 0.625. The number of ether oxygens (including phenoxy) is 3. The lowest BCUT2D eigenvalue weighted by atomic mass is 10.2. The minimum atomic E-state index is 0.474. The van der Waals surface area contributed by atoms with Gasteiger partial charge in [0, 0.05) is 15.4 Å². The van der Waals surface area contributed by atoms with Crippen molar-refractivity contribution in [3.05, 3.63) is 52.0 Å². The minimum Gasteiger partial charge on any atom is -0.493 e. The molecule has 0 spiro atoms. The Hall–Kier alpha value is -1.20. The SMILES string of the molecule is COc1ccc(COc2ccc(Br)cc2CBr)cc1OC. The number of hydrogen-bond acceptors (Lipinski definition) is 3. The predicted octanol–water partition coefficient (Wildman–Crippen LogP) is 4.94. The largest absolute Gasteiger partial charge is 0.493 e. The zero-order valence-electron chi connectivity index (χ0n) is 11.9. The van der Waals surface area contributed by atoms with Gasteiger partial charge in [-0.05, 0) is 35.9 Å². The summed E-state index contributed by atoms with van der Waals surface area (Å²) in [4.78, 5) is 0. The summed E-state index contributed by atoms with van der Waals surface area (Å²) in [7, 11) is 3.25. The Kier molecular flexibility index (Phi) is 5.94. The van der Waals surface area contributed by atoms with Gasteiger partial charge >= 0.3 is 0 Å². The average Bonchev–Trinajstić information content (AvgIpc) is 2.53. The molecule has 0 saturated carbocycles. The second-order valence-electron chi connectivity index (χ2n) is 4.36. The summed E-state index contributed by atoms with van der Waals surface area (Å²) < 4.78 is 17.5. The van der Waals surface area contributed by atoms with E-state index in [0.717, 1.165) is 26.7 Å². The standard InChI is InChI=1S/C16H16Br2O3/c1-19-15-5-3-11(7-16(15)20-2)10-21-14-6-4-13(18)8-12(14)9-17/h3-8H,9-10H2,1-2H3. The molecule has 0 radical (unpaired) electrons. The molecule has 21 heavy (non-hydrogen) atoms. The minimum absolute atomic E-state index is 0.474. The normalized spacial score (nSPS) is 10.3. The van der Waals surface area contributed by atoms with Gasteiger partial charge in [-0.25, -0.2) is 0 Å². The predicted molar refractivity (Wildman–Crippen MR) is 90.7 cm³/mol. The number of alkyl halides is 1. The third kappa shape index (κ3) is 4.14. The first-order valence-corrected chi connectivity index (χ1v) is 8.27. The summed E-state index contributed by atoms with van der Waals surface area (Å²) in [5.74, 6) is 2.28.